The molecule has 2 rings (SSSR count). The zero-order valence-electron chi connectivity index (χ0n) is 8.82. The molecule has 1 aromatic heterocycles. The third-order valence-corrected chi connectivity index (χ3v) is 3.24. The van der Waals surface area contributed by atoms with Gasteiger partial charge in [0.05, 0.1) is 21.3 Å². The Hall–Kier alpha value is -1.29. The van der Waals surface area contributed by atoms with E-state index in [0.717, 1.165) is 0 Å². The maximum atomic E-state index is 11.0. The van der Waals surface area contributed by atoms with Gasteiger partial charge in [-0.2, -0.15) is 0 Å². The van der Waals surface area contributed by atoms with Gasteiger partial charge in [-0.1, -0.05) is 34.8 Å². The number of carboxylic acids is 1. The number of aromatic carboxylic acids is 1. The summed E-state index contributed by atoms with van der Waals surface area (Å²) in [6, 6.07) is 6.15. The van der Waals surface area contributed by atoms with Gasteiger partial charge in [-0.25, -0.2) is 4.79 Å². The van der Waals surface area contributed by atoms with E-state index in [9.17, 15) is 4.79 Å². The second-order valence-electron chi connectivity index (χ2n) is 3.45. The van der Waals surface area contributed by atoms with Gasteiger partial charge in [0.15, 0.2) is 0 Å². The Balaban J connectivity index is 2.64. The van der Waals surface area contributed by atoms with Crippen molar-refractivity contribution in [2.24, 2.45) is 0 Å². The van der Waals surface area contributed by atoms with Gasteiger partial charge in [0, 0.05) is 16.8 Å². The third kappa shape index (κ3) is 2.43. The first kappa shape index (κ1) is 13.1. The number of pyridine rings is 1. The lowest BCUT2D eigenvalue weighted by atomic mass is 10.1. The van der Waals surface area contributed by atoms with Crippen LogP contribution in [-0.4, -0.2) is 16.1 Å². The first-order chi connectivity index (χ1) is 8.50. The molecule has 0 fully saturated rings. The van der Waals surface area contributed by atoms with Crippen molar-refractivity contribution < 1.29 is 9.90 Å². The number of aromatic nitrogens is 1. The van der Waals surface area contributed by atoms with Crippen molar-refractivity contribution in [1.82, 2.24) is 4.98 Å². The Bertz CT molecular complexity index is 629. The van der Waals surface area contributed by atoms with Crippen LogP contribution in [0, 0.1) is 0 Å². The number of hydrogen-bond acceptors (Lipinski definition) is 2. The highest BCUT2D eigenvalue weighted by molar-refractivity contribution is 6.39. The molecule has 1 N–H and O–H groups in total. The standard InChI is InChI=1S/C12H6Cl3NO2/c13-6-1-2-7(9(14)5-6)11-10(15)8(12(17)18)3-4-16-11/h1-5H,(H,17,18). The molecule has 0 bridgehead atoms. The van der Waals surface area contributed by atoms with Crippen molar-refractivity contribution >= 4 is 40.8 Å². The maximum Gasteiger partial charge on any atom is 0.337 e. The first-order valence-electron chi connectivity index (χ1n) is 4.84. The van der Waals surface area contributed by atoms with Crippen LogP contribution < -0.4 is 0 Å². The van der Waals surface area contributed by atoms with Crippen molar-refractivity contribution in [2.75, 3.05) is 0 Å². The van der Waals surface area contributed by atoms with E-state index in [1.807, 2.05) is 0 Å². The smallest absolute Gasteiger partial charge is 0.337 e. The zero-order chi connectivity index (χ0) is 13.3. The van der Waals surface area contributed by atoms with Crippen LogP contribution in [0.2, 0.25) is 15.1 Å². The fourth-order valence-corrected chi connectivity index (χ4v) is 2.27. The number of carboxylic acid groups (broad SMARTS) is 1. The number of benzene rings is 1. The van der Waals surface area contributed by atoms with Gasteiger partial charge in [-0.05, 0) is 24.3 Å². The SMILES string of the molecule is O=C(O)c1ccnc(-c2ccc(Cl)cc2Cl)c1Cl. The molecule has 0 aliphatic rings. The summed E-state index contributed by atoms with van der Waals surface area (Å²) in [5.74, 6) is -1.12. The zero-order valence-corrected chi connectivity index (χ0v) is 11.1. The second kappa shape index (κ2) is 5.14. The van der Waals surface area contributed by atoms with Crippen molar-refractivity contribution in [3.05, 3.63) is 51.1 Å². The lowest BCUT2D eigenvalue weighted by molar-refractivity contribution is 0.0697. The molecule has 0 unspecified atom stereocenters. The highest BCUT2D eigenvalue weighted by atomic mass is 35.5. The van der Waals surface area contributed by atoms with Crippen molar-refractivity contribution in [2.45, 2.75) is 0 Å². The van der Waals surface area contributed by atoms with Crippen molar-refractivity contribution in [1.29, 1.82) is 0 Å². The van der Waals surface area contributed by atoms with Crippen LogP contribution in [0.1, 0.15) is 10.4 Å². The highest BCUT2D eigenvalue weighted by Gasteiger charge is 2.16. The predicted molar refractivity (Wildman–Crippen MR) is 71.7 cm³/mol. The van der Waals surface area contributed by atoms with E-state index in [1.54, 1.807) is 18.2 Å². The van der Waals surface area contributed by atoms with Gasteiger partial charge in [-0.15, -0.1) is 0 Å². The molecule has 3 nitrogen and oxygen atoms in total. The monoisotopic (exact) mass is 301 g/mol. The minimum atomic E-state index is -1.12. The number of hydrogen-bond donors (Lipinski definition) is 1. The van der Waals surface area contributed by atoms with Gasteiger partial charge in [0.1, 0.15) is 0 Å². The van der Waals surface area contributed by atoms with Gasteiger partial charge in [0.2, 0.25) is 0 Å². The van der Waals surface area contributed by atoms with Crippen LogP contribution in [-0.2, 0) is 0 Å². The molecule has 0 aliphatic heterocycles. The number of carbonyl (C=O) groups is 1. The molecule has 0 radical (unpaired) electrons. The molecule has 92 valence electrons. The fraction of sp³-hybridized carbons (Fsp3) is 0. The molecule has 18 heavy (non-hydrogen) atoms. The highest BCUT2D eigenvalue weighted by Crippen LogP contribution is 2.34. The average molecular weight is 303 g/mol. The normalized spacial score (nSPS) is 10.4. The molecule has 0 saturated carbocycles. The Kier molecular flexibility index (Phi) is 3.76. The molecule has 6 heteroatoms. The topological polar surface area (TPSA) is 50.2 Å². The summed E-state index contributed by atoms with van der Waals surface area (Å²) in [4.78, 5) is 15.0. The van der Waals surface area contributed by atoms with Crippen LogP contribution in [0.5, 0.6) is 0 Å². The Morgan fingerprint density at radius 3 is 2.50 bits per heavy atom. The Morgan fingerprint density at radius 2 is 1.89 bits per heavy atom. The molecular weight excluding hydrogens is 296 g/mol. The van der Waals surface area contributed by atoms with E-state index in [0.29, 0.717) is 21.3 Å². The summed E-state index contributed by atoms with van der Waals surface area (Å²) in [7, 11) is 0. The summed E-state index contributed by atoms with van der Waals surface area (Å²) in [5.41, 5.74) is 0.833. The van der Waals surface area contributed by atoms with Crippen LogP contribution >= 0.6 is 34.8 Å². The molecule has 0 saturated heterocycles. The predicted octanol–water partition coefficient (Wildman–Crippen LogP) is 4.41. The van der Waals surface area contributed by atoms with Crippen LogP contribution in [0.4, 0.5) is 0 Å². The van der Waals surface area contributed by atoms with E-state index in [4.69, 9.17) is 39.9 Å². The molecule has 0 atom stereocenters. The largest absolute Gasteiger partial charge is 0.478 e. The summed E-state index contributed by atoms with van der Waals surface area (Å²) >= 11 is 17.8. The van der Waals surface area contributed by atoms with Gasteiger partial charge >= 0.3 is 5.97 Å². The third-order valence-electron chi connectivity index (χ3n) is 2.31. The molecular formula is C12H6Cl3NO2. The second-order valence-corrected chi connectivity index (χ2v) is 4.67. The summed E-state index contributed by atoms with van der Waals surface area (Å²) in [6.45, 7) is 0. The molecule has 0 amide bonds. The van der Waals surface area contributed by atoms with Crippen molar-refractivity contribution in [3.8, 4) is 11.3 Å². The van der Waals surface area contributed by atoms with E-state index >= 15 is 0 Å². The maximum absolute atomic E-state index is 11.0. The van der Waals surface area contributed by atoms with Gasteiger partial charge < -0.3 is 5.11 Å². The molecule has 0 aliphatic carbocycles. The Labute approximate surface area is 118 Å². The van der Waals surface area contributed by atoms with Crippen LogP contribution in [0.3, 0.4) is 0 Å². The first-order valence-corrected chi connectivity index (χ1v) is 5.97. The van der Waals surface area contributed by atoms with Crippen LogP contribution in [0.15, 0.2) is 30.5 Å². The molecule has 1 heterocycles. The molecule has 2 aromatic rings. The van der Waals surface area contributed by atoms with E-state index in [1.165, 1.54) is 12.3 Å². The summed E-state index contributed by atoms with van der Waals surface area (Å²) in [5, 5.41) is 9.88. The molecule has 0 spiro atoms. The van der Waals surface area contributed by atoms with E-state index < -0.39 is 5.97 Å². The summed E-state index contributed by atoms with van der Waals surface area (Å²) < 4.78 is 0. The lowest BCUT2D eigenvalue weighted by Gasteiger charge is -2.08. The minimum Gasteiger partial charge on any atom is -0.478 e. The molecule has 1 aromatic carbocycles. The number of nitrogens with zero attached hydrogens (tertiary/aromatic N) is 1. The van der Waals surface area contributed by atoms with E-state index in [2.05, 4.69) is 4.98 Å². The average Bonchev–Trinajstić information content (AvgIpc) is 2.30. The summed E-state index contributed by atoms with van der Waals surface area (Å²) in [6.07, 6.45) is 1.37. The van der Waals surface area contributed by atoms with Gasteiger partial charge in [-0.3, -0.25) is 4.98 Å². The van der Waals surface area contributed by atoms with Crippen molar-refractivity contribution in [3.63, 3.8) is 0 Å². The number of halogens is 3. The Morgan fingerprint density at radius 1 is 1.17 bits per heavy atom. The lowest BCUT2D eigenvalue weighted by Crippen LogP contribution is -2.00. The van der Waals surface area contributed by atoms with E-state index in [-0.39, 0.29) is 10.6 Å². The number of rotatable bonds is 2. The quantitative estimate of drug-likeness (QED) is 0.894. The minimum absolute atomic E-state index is 0.0207. The van der Waals surface area contributed by atoms with Crippen LogP contribution in [0.25, 0.3) is 11.3 Å². The van der Waals surface area contributed by atoms with Gasteiger partial charge in [0.25, 0.3) is 0 Å². The fourth-order valence-electron chi connectivity index (χ4n) is 1.48.